The number of ether oxygens (including phenoxy) is 4. The lowest BCUT2D eigenvalue weighted by Gasteiger charge is -2.22. The molecule has 0 fully saturated rings. The lowest BCUT2D eigenvalue weighted by atomic mass is 10.0. The van der Waals surface area contributed by atoms with Crippen molar-refractivity contribution < 1.29 is 18.9 Å². The summed E-state index contributed by atoms with van der Waals surface area (Å²) in [6.07, 6.45) is 0. The monoisotopic (exact) mass is 354 g/mol. The summed E-state index contributed by atoms with van der Waals surface area (Å²) in [6, 6.07) is 12.5. The van der Waals surface area contributed by atoms with Crippen LogP contribution in [0.4, 0.5) is 0 Å². The molecular formula is C22H26O4. The van der Waals surface area contributed by atoms with Gasteiger partial charge in [0.1, 0.15) is 0 Å². The molecule has 0 aliphatic rings. The molecule has 0 radical (unpaired) electrons. The van der Waals surface area contributed by atoms with E-state index in [1.165, 1.54) is 0 Å². The Hall–Kier alpha value is -2.62. The Kier molecular flexibility index (Phi) is 5.71. The van der Waals surface area contributed by atoms with E-state index in [0.717, 1.165) is 21.5 Å². The van der Waals surface area contributed by atoms with Gasteiger partial charge < -0.3 is 18.9 Å². The molecule has 0 bridgehead atoms. The van der Waals surface area contributed by atoms with Crippen LogP contribution >= 0.6 is 0 Å². The molecule has 138 valence electrons. The number of benzene rings is 3. The van der Waals surface area contributed by atoms with E-state index in [9.17, 15) is 0 Å². The van der Waals surface area contributed by atoms with E-state index in [4.69, 9.17) is 18.9 Å². The average molecular weight is 354 g/mol. The van der Waals surface area contributed by atoms with Gasteiger partial charge in [0.25, 0.3) is 0 Å². The normalized spacial score (nSPS) is 10.9. The van der Waals surface area contributed by atoms with Gasteiger partial charge in [-0.15, -0.1) is 0 Å². The first kappa shape index (κ1) is 18.2. The van der Waals surface area contributed by atoms with Crippen molar-refractivity contribution in [2.45, 2.75) is 27.7 Å². The van der Waals surface area contributed by atoms with E-state index >= 15 is 0 Å². The Balaban J connectivity index is 2.45. The van der Waals surface area contributed by atoms with E-state index < -0.39 is 0 Å². The van der Waals surface area contributed by atoms with Crippen molar-refractivity contribution in [3.05, 3.63) is 36.4 Å². The van der Waals surface area contributed by atoms with Gasteiger partial charge in [0.05, 0.1) is 26.4 Å². The third-order valence-electron chi connectivity index (χ3n) is 4.15. The molecule has 0 saturated heterocycles. The first-order chi connectivity index (χ1) is 12.7. The van der Waals surface area contributed by atoms with Gasteiger partial charge in [-0.1, -0.05) is 24.3 Å². The summed E-state index contributed by atoms with van der Waals surface area (Å²) in [7, 11) is 0. The second-order valence-electron chi connectivity index (χ2n) is 5.79. The summed E-state index contributed by atoms with van der Waals surface area (Å²) in [6.45, 7) is 9.98. The Morgan fingerprint density at radius 1 is 0.538 bits per heavy atom. The molecule has 4 nitrogen and oxygen atoms in total. The second-order valence-corrected chi connectivity index (χ2v) is 5.79. The summed E-state index contributed by atoms with van der Waals surface area (Å²) in [5, 5.41) is 4.24. The molecule has 3 aromatic rings. The molecule has 0 aliphatic heterocycles. The minimum atomic E-state index is 0.519. The SMILES string of the molecule is CCOc1c(OCC)c(OCC)c2cc3ccccc3cc2c1OCC. The Bertz CT molecular complexity index is 828. The smallest absolute Gasteiger partial charge is 0.208 e. The number of hydrogen-bond acceptors (Lipinski definition) is 4. The molecular weight excluding hydrogens is 328 g/mol. The third kappa shape index (κ3) is 3.24. The highest BCUT2D eigenvalue weighted by Gasteiger charge is 2.24. The van der Waals surface area contributed by atoms with Crippen molar-refractivity contribution in [2.24, 2.45) is 0 Å². The van der Waals surface area contributed by atoms with Gasteiger partial charge in [-0.05, 0) is 50.6 Å². The Morgan fingerprint density at radius 2 is 0.885 bits per heavy atom. The molecule has 26 heavy (non-hydrogen) atoms. The fraction of sp³-hybridized carbons (Fsp3) is 0.364. The molecule has 3 rings (SSSR count). The van der Waals surface area contributed by atoms with Gasteiger partial charge in [0.2, 0.25) is 11.5 Å². The van der Waals surface area contributed by atoms with Crippen LogP contribution in [0.25, 0.3) is 21.5 Å². The fourth-order valence-corrected chi connectivity index (χ4v) is 3.19. The Labute approximate surface area is 154 Å². The van der Waals surface area contributed by atoms with Gasteiger partial charge in [0, 0.05) is 10.8 Å². The summed E-state index contributed by atoms with van der Waals surface area (Å²) < 4.78 is 23.9. The van der Waals surface area contributed by atoms with Crippen molar-refractivity contribution in [3.8, 4) is 23.0 Å². The molecule has 0 heterocycles. The van der Waals surface area contributed by atoms with Crippen LogP contribution in [0, 0.1) is 0 Å². The highest BCUT2D eigenvalue weighted by molar-refractivity contribution is 6.06. The lowest BCUT2D eigenvalue weighted by molar-refractivity contribution is 0.247. The zero-order valence-electron chi connectivity index (χ0n) is 15.9. The summed E-state index contributed by atoms with van der Waals surface area (Å²) >= 11 is 0. The molecule has 0 atom stereocenters. The van der Waals surface area contributed by atoms with Gasteiger partial charge in [0.15, 0.2) is 11.5 Å². The van der Waals surface area contributed by atoms with E-state index in [2.05, 4.69) is 24.3 Å². The quantitative estimate of drug-likeness (QED) is 0.494. The van der Waals surface area contributed by atoms with Crippen molar-refractivity contribution >= 4 is 21.5 Å². The molecule has 0 N–H and O–H groups in total. The number of fused-ring (bicyclic) bond motifs is 2. The zero-order valence-corrected chi connectivity index (χ0v) is 15.9. The maximum Gasteiger partial charge on any atom is 0.208 e. The van der Waals surface area contributed by atoms with Gasteiger partial charge in [-0.3, -0.25) is 0 Å². The molecule has 0 unspecified atom stereocenters. The summed E-state index contributed by atoms with van der Waals surface area (Å²) in [5.74, 6) is 2.65. The van der Waals surface area contributed by atoms with Crippen LogP contribution in [0.3, 0.4) is 0 Å². The highest BCUT2D eigenvalue weighted by atomic mass is 16.6. The predicted octanol–water partition coefficient (Wildman–Crippen LogP) is 5.59. The standard InChI is InChI=1S/C22H26O4/c1-5-23-19-17-13-15-11-9-10-12-16(15)14-18(17)20(24-6-2)22(26-8-4)21(19)25-7-3/h9-14H,5-8H2,1-4H3. The predicted molar refractivity (Wildman–Crippen MR) is 106 cm³/mol. The van der Waals surface area contributed by atoms with E-state index in [1.54, 1.807) is 0 Å². The number of hydrogen-bond donors (Lipinski definition) is 0. The topological polar surface area (TPSA) is 36.9 Å². The van der Waals surface area contributed by atoms with E-state index in [1.807, 2.05) is 39.8 Å². The molecule has 0 aliphatic carbocycles. The maximum atomic E-state index is 6.01. The summed E-state index contributed by atoms with van der Waals surface area (Å²) in [4.78, 5) is 0. The van der Waals surface area contributed by atoms with Crippen LogP contribution in [-0.4, -0.2) is 26.4 Å². The van der Waals surface area contributed by atoms with Gasteiger partial charge in [-0.25, -0.2) is 0 Å². The van der Waals surface area contributed by atoms with Gasteiger partial charge in [-0.2, -0.15) is 0 Å². The van der Waals surface area contributed by atoms with Crippen molar-refractivity contribution in [3.63, 3.8) is 0 Å². The minimum Gasteiger partial charge on any atom is -0.489 e. The first-order valence-corrected chi connectivity index (χ1v) is 9.28. The molecule has 3 aromatic carbocycles. The largest absolute Gasteiger partial charge is 0.489 e. The maximum absolute atomic E-state index is 6.01. The third-order valence-corrected chi connectivity index (χ3v) is 4.15. The van der Waals surface area contributed by atoms with Gasteiger partial charge >= 0.3 is 0 Å². The lowest BCUT2D eigenvalue weighted by Crippen LogP contribution is -2.06. The number of rotatable bonds is 8. The van der Waals surface area contributed by atoms with Crippen molar-refractivity contribution in [1.82, 2.24) is 0 Å². The van der Waals surface area contributed by atoms with E-state index in [-0.39, 0.29) is 0 Å². The van der Waals surface area contributed by atoms with Crippen molar-refractivity contribution in [1.29, 1.82) is 0 Å². The first-order valence-electron chi connectivity index (χ1n) is 9.28. The molecule has 4 heteroatoms. The van der Waals surface area contributed by atoms with Crippen LogP contribution in [0.2, 0.25) is 0 Å². The van der Waals surface area contributed by atoms with Crippen molar-refractivity contribution in [2.75, 3.05) is 26.4 Å². The van der Waals surface area contributed by atoms with Crippen LogP contribution in [0.15, 0.2) is 36.4 Å². The summed E-state index contributed by atoms with van der Waals surface area (Å²) in [5.41, 5.74) is 0. The zero-order chi connectivity index (χ0) is 18.5. The molecule has 0 spiro atoms. The molecule has 0 amide bonds. The fourth-order valence-electron chi connectivity index (χ4n) is 3.19. The Morgan fingerprint density at radius 3 is 1.23 bits per heavy atom. The molecule has 0 aromatic heterocycles. The van der Waals surface area contributed by atoms with Crippen LogP contribution in [0.1, 0.15) is 27.7 Å². The minimum absolute atomic E-state index is 0.519. The van der Waals surface area contributed by atoms with E-state index in [0.29, 0.717) is 49.4 Å². The second kappa shape index (κ2) is 8.17. The average Bonchev–Trinajstić information content (AvgIpc) is 2.66. The van der Waals surface area contributed by atoms with Crippen LogP contribution in [-0.2, 0) is 0 Å². The highest BCUT2D eigenvalue weighted by Crippen LogP contribution is 2.52. The van der Waals surface area contributed by atoms with Crippen LogP contribution in [0.5, 0.6) is 23.0 Å². The van der Waals surface area contributed by atoms with Crippen LogP contribution < -0.4 is 18.9 Å². The molecule has 0 saturated carbocycles.